The molecule has 1 aliphatic rings. The van der Waals surface area contributed by atoms with Crippen molar-refractivity contribution in [2.24, 2.45) is 0 Å². The molecule has 0 spiro atoms. The number of urea groups is 1. The molecule has 2 N–H and O–H groups in total. The molecule has 2 amide bonds. The van der Waals surface area contributed by atoms with E-state index in [2.05, 4.69) is 10.1 Å². The Morgan fingerprint density at radius 1 is 1.36 bits per heavy atom. The number of methoxy groups -OCH3 is 1. The van der Waals surface area contributed by atoms with Crippen molar-refractivity contribution in [2.75, 3.05) is 25.6 Å². The smallest absolute Gasteiger partial charge is 0.322 e. The molecule has 1 aliphatic carbocycles. The number of carbonyl (C=O) groups is 1. The minimum Gasteiger partial charge on any atom is -0.491 e. The van der Waals surface area contributed by atoms with Crippen molar-refractivity contribution >= 4 is 11.7 Å². The van der Waals surface area contributed by atoms with Gasteiger partial charge >= 0.3 is 6.03 Å². The lowest BCUT2D eigenvalue weighted by Crippen LogP contribution is -2.37. The van der Waals surface area contributed by atoms with E-state index < -0.39 is 17.4 Å². The Morgan fingerprint density at radius 2 is 2.00 bits per heavy atom. The van der Waals surface area contributed by atoms with Crippen molar-refractivity contribution in [3.05, 3.63) is 23.8 Å². The fraction of sp³-hybridized carbons (Fsp3) is 0.533. The van der Waals surface area contributed by atoms with Gasteiger partial charge in [0.25, 0.3) is 0 Å². The summed E-state index contributed by atoms with van der Waals surface area (Å²) in [6.07, 6.45) is 3.16. The second-order valence-corrected chi connectivity index (χ2v) is 5.26. The molecule has 1 saturated carbocycles. The third-order valence-electron chi connectivity index (χ3n) is 3.51. The van der Waals surface area contributed by atoms with Crippen LogP contribution in [0.4, 0.5) is 19.3 Å². The Bertz CT molecular complexity index is 513. The van der Waals surface area contributed by atoms with Gasteiger partial charge in [0.1, 0.15) is 0 Å². The monoisotopic (exact) mass is 314 g/mol. The zero-order chi connectivity index (χ0) is 16.1. The van der Waals surface area contributed by atoms with Gasteiger partial charge in [0, 0.05) is 37.0 Å². The molecule has 0 bridgehead atoms. The number of aliphatic hydroxyl groups excluding tert-OH is 1. The third kappa shape index (κ3) is 4.07. The molecule has 0 saturated heterocycles. The van der Waals surface area contributed by atoms with Crippen LogP contribution in [0.5, 0.6) is 5.75 Å². The van der Waals surface area contributed by atoms with E-state index in [0.29, 0.717) is 19.4 Å². The first kappa shape index (κ1) is 16.5. The molecule has 0 aromatic heterocycles. The van der Waals surface area contributed by atoms with E-state index in [1.807, 2.05) is 0 Å². The molecule has 0 heterocycles. The molecule has 0 aliphatic heterocycles. The Kier molecular flexibility index (Phi) is 5.54. The van der Waals surface area contributed by atoms with Crippen molar-refractivity contribution in [3.63, 3.8) is 0 Å². The highest BCUT2D eigenvalue weighted by molar-refractivity contribution is 5.89. The number of hydrogen-bond donors (Lipinski definition) is 2. The number of aliphatic hydroxyl groups is 1. The summed E-state index contributed by atoms with van der Waals surface area (Å²) in [4.78, 5) is 13.9. The molecule has 22 heavy (non-hydrogen) atoms. The minimum absolute atomic E-state index is 0.0496. The van der Waals surface area contributed by atoms with Gasteiger partial charge in [-0.2, -0.15) is 0 Å². The molecule has 0 radical (unpaired) electrons. The summed E-state index contributed by atoms with van der Waals surface area (Å²) in [5.74, 6) is -2.20. The van der Waals surface area contributed by atoms with Crippen LogP contribution >= 0.6 is 0 Å². The maximum atomic E-state index is 13.6. The predicted octanol–water partition coefficient (Wildman–Crippen LogP) is 2.74. The molecule has 1 aromatic rings. The number of nitrogens with zero attached hydrogens (tertiary/aromatic N) is 1. The summed E-state index contributed by atoms with van der Waals surface area (Å²) < 4.78 is 31.8. The van der Waals surface area contributed by atoms with Crippen molar-refractivity contribution in [1.82, 2.24) is 4.90 Å². The lowest BCUT2D eigenvalue weighted by atomic mass is 10.2. The number of rotatable bonds is 7. The maximum absolute atomic E-state index is 13.6. The standard InChI is InChI=1S/C15H20F2N2O3/c1-22-14-12(16)8-10(9-13(14)17)18-15(21)19(11-4-5-11)6-2-3-7-20/h8-9,11,20H,2-7H2,1H3,(H,18,21). The first-order chi connectivity index (χ1) is 10.6. The number of unbranched alkanes of at least 4 members (excludes halogenated alkanes) is 1. The summed E-state index contributed by atoms with van der Waals surface area (Å²) in [7, 11) is 1.18. The highest BCUT2D eigenvalue weighted by Crippen LogP contribution is 2.29. The topological polar surface area (TPSA) is 61.8 Å². The minimum atomic E-state index is -0.865. The number of nitrogens with one attached hydrogen (secondary N) is 1. The van der Waals surface area contributed by atoms with Crippen LogP contribution in [-0.2, 0) is 0 Å². The van der Waals surface area contributed by atoms with E-state index in [0.717, 1.165) is 25.0 Å². The first-order valence-corrected chi connectivity index (χ1v) is 7.28. The second kappa shape index (κ2) is 7.40. The molecule has 7 heteroatoms. The quantitative estimate of drug-likeness (QED) is 0.761. The molecule has 1 aromatic carbocycles. The number of benzene rings is 1. The third-order valence-corrected chi connectivity index (χ3v) is 3.51. The average Bonchev–Trinajstić information content (AvgIpc) is 3.27. The molecule has 2 rings (SSSR count). The van der Waals surface area contributed by atoms with E-state index in [9.17, 15) is 13.6 Å². The van der Waals surface area contributed by atoms with Gasteiger partial charge < -0.3 is 20.1 Å². The van der Waals surface area contributed by atoms with Gasteiger partial charge in [-0.05, 0) is 25.7 Å². The van der Waals surface area contributed by atoms with E-state index in [4.69, 9.17) is 5.11 Å². The molecule has 0 atom stereocenters. The predicted molar refractivity (Wildman–Crippen MR) is 78.0 cm³/mol. The van der Waals surface area contributed by atoms with Crippen molar-refractivity contribution in [3.8, 4) is 5.75 Å². The van der Waals surface area contributed by atoms with Crippen LogP contribution in [-0.4, -0.2) is 42.3 Å². The normalized spacial score (nSPS) is 13.8. The van der Waals surface area contributed by atoms with Crippen LogP contribution in [0.3, 0.4) is 0 Å². The summed E-state index contributed by atoms with van der Waals surface area (Å²) in [6, 6.07) is 1.84. The highest BCUT2D eigenvalue weighted by Gasteiger charge is 2.32. The van der Waals surface area contributed by atoms with Crippen LogP contribution in [0.1, 0.15) is 25.7 Å². The van der Waals surface area contributed by atoms with Gasteiger partial charge in [0.2, 0.25) is 0 Å². The number of amides is 2. The average molecular weight is 314 g/mol. The number of carbonyl (C=O) groups excluding carboxylic acids is 1. The van der Waals surface area contributed by atoms with Crippen LogP contribution < -0.4 is 10.1 Å². The zero-order valence-electron chi connectivity index (χ0n) is 12.4. The molecule has 122 valence electrons. The van der Waals surface area contributed by atoms with Crippen molar-refractivity contribution < 1.29 is 23.4 Å². The second-order valence-electron chi connectivity index (χ2n) is 5.26. The van der Waals surface area contributed by atoms with Gasteiger partial charge in [-0.3, -0.25) is 0 Å². The number of hydrogen-bond acceptors (Lipinski definition) is 3. The largest absolute Gasteiger partial charge is 0.491 e. The van der Waals surface area contributed by atoms with Crippen LogP contribution in [0, 0.1) is 11.6 Å². The van der Waals surface area contributed by atoms with E-state index in [1.54, 1.807) is 4.90 Å². The molecule has 0 unspecified atom stereocenters. The number of ether oxygens (including phenoxy) is 1. The Morgan fingerprint density at radius 3 is 2.50 bits per heavy atom. The summed E-state index contributed by atoms with van der Waals surface area (Å²) >= 11 is 0. The Hall–Kier alpha value is -1.89. The van der Waals surface area contributed by atoms with E-state index in [1.165, 1.54) is 7.11 Å². The maximum Gasteiger partial charge on any atom is 0.322 e. The lowest BCUT2D eigenvalue weighted by molar-refractivity contribution is 0.204. The lowest BCUT2D eigenvalue weighted by Gasteiger charge is -2.23. The van der Waals surface area contributed by atoms with Gasteiger partial charge in [-0.25, -0.2) is 13.6 Å². The molecular weight excluding hydrogens is 294 g/mol. The van der Waals surface area contributed by atoms with Crippen LogP contribution in [0.2, 0.25) is 0 Å². The van der Waals surface area contributed by atoms with Crippen molar-refractivity contribution in [2.45, 2.75) is 31.7 Å². The van der Waals surface area contributed by atoms with Gasteiger partial charge in [-0.15, -0.1) is 0 Å². The van der Waals surface area contributed by atoms with Gasteiger partial charge in [0.15, 0.2) is 17.4 Å². The molecular formula is C15H20F2N2O3. The van der Waals surface area contributed by atoms with E-state index in [-0.39, 0.29) is 24.4 Å². The SMILES string of the molecule is COc1c(F)cc(NC(=O)N(CCCCO)C2CC2)cc1F. The van der Waals surface area contributed by atoms with Crippen LogP contribution in [0.15, 0.2) is 12.1 Å². The van der Waals surface area contributed by atoms with Crippen molar-refractivity contribution in [1.29, 1.82) is 0 Å². The number of anilines is 1. The van der Waals surface area contributed by atoms with Crippen LogP contribution in [0.25, 0.3) is 0 Å². The van der Waals surface area contributed by atoms with Gasteiger partial charge in [0.05, 0.1) is 7.11 Å². The first-order valence-electron chi connectivity index (χ1n) is 7.28. The molecule has 5 nitrogen and oxygen atoms in total. The fourth-order valence-electron chi connectivity index (χ4n) is 2.25. The highest BCUT2D eigenvalue weighted by atomic mass is 19.1. The van der Waals surface area contributed by atoms with E-state index >= 15 is 0 Å². The Balaban J connectivity index is 2.03. The fourth-order valence-corrected chi connectivity index (χ4v) is 2.25. The number of halogens is 2. The summed E-state index contributed by atoms with van der Waals surface area (Å²) in [5, 5.41) is 11.3. The summed E-state index contributed by atoms with van der Waals surface area (Å²) in [6.45, 7) is 0.590. The zero-order valence-corrected chi connectivity index (χ0v) is 12.4. The Labute approximate surface area is 127 Å². The van der Waals surface area contributed by atoms with Gasteiger partial charge in [-0.1, -0.05) is 0 Å². The summed E-state index contributed by atoms with van der Waals surface area (Å²) in [5.41, 5.74) is 0.0496. The molecule has 1 fully saturated rings.